The van der Waals surface area contributed by atoms with Crippen LogP contribution in [-0.4, -0.2) is 50.0 Å². The van der Waals surface area contributed by atoms with Crippen LogP contribution < -0.4 is 10.6 Å². The van der Waals surface area contributed by atoms with E-state index in [-0.39, 0.29) is 6.04 Å². The highest BCUT2D eigenvalue weighted by atomic mass is 16.4. The normalized spacial score (nSPS) is 13.2. The molecule has 2 unspecified atom stereocenters. The van der Waals surface area contributed by atoms with Gasteiger partial charge in [-0.15, -0.1) is 0 Å². The van der Waals surface area contributed by atoms with Gasteiger partial charge < -0.3 is 20.8 Å². The lowest BCUT2D eigenvalue weighted by molar-refractivity contribution is -0.145. The smallest absolute Gasteiger partial charge is 0.326 e. The zero-order valence-electron chi connectivity index (χ0n) is 10.8. The first-order valence-electron chi connectivity index (χ1n) is 5.87. The van der Waals surface area contributed by atoms with Gasteiger partial charge in [-0.25, -0.2) is 9.59 Å². The number of amides is 2. The molecule has 0 aliphatic carbocycles. The number of carboxylic acids is 2. The van der Waals surface area contributed by atoms with E-state index in [4.69, 9.17) is 10.2 Å². The second kappa shape index (κ2) is 7.12. The van der Waals surface area contributed by atoms with Gasteiger partial charge in [0, 0.05) is 18.4 Å². The molecule has 1 rings (SSSR count). The van der Waals surface area contributed by atoms with Crippen LogP contribution in [0.5, 0.6) is 0 Å². The molecule has 9 heteroatoms. The summed E-state index contributed by atoms with van der Waals surface area (Å²) >= 11 is 0. The van der Waals surface area contributed by atoms with Crippen molar-refractivity contribution in [2.45, 2.75) is 32.0 Å². The Morgan fingerprint density at radius 1 is 1.30 bits per heavy atom. The lowest BCUT2D eigenvalue weighted by Gasteiger charge is -2.17. The number of nitrogens with zero attached hydrogens (tertiary/aromatic N) is 2. The lowest BCUT2D eigenvalue weighted by atomic mass is 10.2. The van der Waals surface area contributed by atoms with E-state index in [2.05, 4.69) is 15.7 Å². The maximum atomic E-state index is 11.6. The Bertz CT molecular complexity index is 473. The van der Waals surface area contributed by atoms with Crippen LogP contribution in [0.1, 0.15) is 13.3 Å². The summed E-state index contributed by atoms with van der Waals surface area (Å²) in [6.45, 7) is 2.13. The maximum Gasteiger partial charge on any atom is 0.326 e. The SMILES string of the molecule is CC(Cn1cccn1)NC(=O)NC(CC(=O)O)C(=O)O. The Morgan fingerprint density at radius 2 is 2.00 bits per heavy atom. The summed E-state index contributed by atoms with van der Waals surface area (Å²) in [5.41, 5.74) is 0. The minimum Gasteiger partial charge on any atom is -0.481 e. The van der Waals surface area contributed by atoms with E-state index in [1.54, 1.807) is 30.1 Å². The van der Waals surface area contributed by atoms with Crippen LogP contribution in [0.3, 0.4) is 0 Å². The summed E-state index contributed by atoms with van der Waals surface area (Å²) in [6, 6.07) is -0.767. The summed E-state index contributed by atoms with van der Waals surface area (Å²) in [5.74, 6) is -2.70. The Kier molecular flexibility index (Phi) is 5.51. The number of hydrogen-bond acceptors (Lipinski definition) is 4. The van der Waals surface area contributed by atoms with Crippen LogP contribution in [0.15, 0.2) is 18.5 Å². The summed E-state index contributed by atoms with van der Waals surface area (Å²) in [4.78, 5) is 32.8. The van der Waals surface area contributed by atoms with E-state index in [0.717, 1.165) is 0 Å². The van der Waals surface area contributed by atoms with Gasteiger partial charge in [0.1, 0.15) is 6.04 Å². The highest BCUT2D eigenvalue weighted by Crippen LogP contribution is 1.94. The molecule has 0 aliphatic heterocycles. The highest BCUT2D eigenvalue weighted by Gasteiger charge is 2.23. The fourth-order valence-corrected chi connectivity index (χ4v) is 1.53. The third kappa shape index (κ3) is 5.38. The van der Waals surface area contributed by atoms with Crippen molar-refractivity contribution in [2.24, 2.45) is 0 Å². The van der Waals surface area contributed by atoms with Crippen LogP contribution in [0.2, 0.25) is 0 Å². The minimum absolute atomic E-state index is 0.297. The molecule has 0 saturated heterocycles. The molecule has 1 aromatic rings. The molecule has 4 N–H and O–H groups in total. The Morgan fingerprint density at radius 3 is 2.50 bits per heavy atom. The molecule has 0 saturated carbocycles. The first-order chi connectivity index (χ1) is 9.38. The molecule has 1 heterocycles. The molecular formula is C11H16N4O5. The molecule has 0 radical (unpaired) electrons. The summed E-state index contributed by atoms with van der Waals surface area (Å²) in [6.07, 6.45) is 2.64. The zero-order valence-corrected chi connectivity index (χ0v) is 10.8. The predicted octanol–water partition coefficient (Wildman–Crippen LogP) is -0.501. The third-order valence-electron chi connectivity index (χ3n) is 2.38. The molecule has 2 amide bonds. The number of carbonyl (C=O) groups excluding carboxylic acids is 1. The molecule has 9 nitrogen and oxygen atoms in total. The summed E-state index contributed by atoms with van der Waals surface area (Å²) in [7, 11) is 0. The van der Waals surface area contributed by atoms with Crippen molar-refractivity contribution >= 4 is 18.0 Å². The first-order valence-corrected chi connectivity index (χ1v) is 5.87. The predicted molar refractivity (Wildman–Crippen MR) is 67.0 cm³/mol. The van der Waals surface area contributed by atoms with Gasteiger partial charge in [-0.3, -0.25) is 9.48 Å². The van der Waals surface area contributed by atoms with E-state index in [1.807, 2.05) is 0 Å². The van der Waals surface area contributed by atoms with Crippen LogP contribution in [0, 0.1) is 0 Å². The van der Waals surface area contributed by atoms with Gasteiger partial charge in [-0.05, 0) is 13.0 Å². The molecule has 0 aliphatic rings. The zero-order chi connectivity index (χ0) is 15.1. The summed E-state index contributed by atoms with van der Waals surface area (Å²) in [5, 5.41) is 25.9. The molecule has 0 aromatic carbocycles. The van der Waals surface area contributed by atoms with Crippen LogP contribution in [0.25, 0.3) is 0 Å². The molecule has 2 atom stereocenters. The molecular weight excluding hydrogens is 268 g/mol. The number of hydrogen-bond donors (Lipinski definition) is 4. The summed E-state index contributed by atoms with van der Waals surface area (Å²) < 4.78 is 1.61. The van der Waals surface area contributed by atoms with Crippen molar-refractivity contribution in [3.8, 4) is 0 Å². The largest absolute Gasteiger partial charge is 0.481 e. The van der Waals surface area contributed by atoms with E-state index in [1.165, 1.54) is 0 Å². The Labute approximate surface area is 114 Å². The van der Waals surface area contributed by atoms with Crippen molar-refractivity contribution in [2.75, 3.05) is 0 Å². The van der Waals surface area contributed by atoms with E-state index < -0.39 is 30.4 Å². The maximum absolute atomic E-state index is 11.6. The van der Waals surface area contributed by atoms with E-state index in [0.29, 0.717) is 6.54 Å². The molecule has 110 valence electrons. The quantitative estimate of drug-likeness (QED) is 0.533. The Hall–Kier alpha value is -2.58. The minimum atomic E-state index is -1.47. The topological polar surface area (TPSA) is 134 Å². The highest BCUT2D eigenvalue weighted by molar-refractivity contribution is 5.86. The third-order valence-corrected chi connectivity index (χ3v) is 2.38. The Balaban J connectivity index is 2.44. The number of rotatable bonds is 7. The van der Waals surface area contributed by atoms with E-state index >= 15 is 0 Å². The van der Waals surface area contributed by atoms with Crippen molar-refractivity contribution in [1.82, 2.24) is 20.4 Å². The van der Waals surface area contributed by atoms with Crippen molar-refractivity contribution in [3.63, 3.8) is 0 Å². The average Bonchev–Trinajstić information content (AvgIpc) is 2.79. The fourth-order valence-electron chi connectivity index (χ4n) is 1.53. The first kappa shape index (κ1) is 15.5. The van der Waals surface area contributed by atoms with Gasteiger partial charge in [0.2, 0.25) is 0 Å². The number of aromatic nitrogens is 2. The van der Waals surface area contributed by atoms with Gasteiger partial charge in [0.05, 0.1) is 13.0 Å². The average molecular weight is 284 g/mol. The molecule has 20 heavy (non-hydrogen) atoms. The van der Waals surface area contributed by atoms with Crippen LogP contribution in [0.4, 0.5) is 4.79 Å². The van der Waals surface area contributed by atoms with Gasteiger partial charge in [0.15, 0.2) is 0 Å². The van der Waals surface area contributed by atoms with Crippen molar-refractivity contribution < 1.29 is 24.6 Å². The monoisotopic (exact) mass is 284 g/mol. The van der Waals surface area contributed by atoms with Crippen LogP contribution in [-0.2, 0) is 16.1 Å². The molecule has 0 bridgehead atoms. The van der Waals surface area contributed by atoms with Gasteiger partial charge in [0.25, 0.3) is 0 Å². The number of nitrogens with one attached hydrogen (secondary N) is 2. The number of carboxylic acid groups (broad SMARTS) is 2. The number of aliphatic carboxylic acids is 2. The van der Waals surface area contributed by atoms with Crippen molar-refractivity contribution in [1.29, 1.82) is 0 Å². The van der Waals surface area contributed by atoms with Gasteiger partial charge >= 0.3 is 18.0 Å². The lowest BCUT2D eigenvalue weighted by Crippen LogP contribution is -2.49. The molecule has 0 spiro atoms. The molecule has 1 aromatic heterocycles. The number of urea groups is 1. The fraction of sp³-hybridized carbons (Fsp3) is 0.455. The molecule has 0 fully saturated rings. The second-order valence-electron chi connectivity index (χ2n) is 4.24. The van der Waals surface area contributed by atoms with Gasteiger partial charge in [-0.2, -0.15) is 5.10 Å². The standard InChI is InChI=1S/C11H16N4O5/c1-7(6-15-4-2-3-12-15)13-11(20)14-8(10(18)19)5-9(16)17/h2-4,7-8H,5-6H2,1H3,(H,16,17)(H,18,19)(H2,13,14,20). The van der Waals surface area contributed by atoms with E-state index in [9.17, 15) is 14.4 Å². The van der Waals surface area contributed by atoms with Crippen molar-refractivity contribution in [3.05, 3.63) is 18.5 Å². The van der Waals surface area contributed by atoms with Gasteiger partial charge in [-0.1, -0.05) is 0 Å². The second-order valence-corrected chi connectivity index (χ2v) is 4.24. The van der Waals surface area contributed by atoms with Crippen LogP contribution >= 0.6 is 0 Å². The number of carbonyl (C=O) groups is 3.